The van der Waals surface area contributed by atoms with E-state index >= 15 is 0 Å². The number of aliphatic carboxylic acids is 1. The molecule has 2 amide bonds. The monoisotopic (exact) mass is 552 g/mol. The average Bonchev–Trinajstić information content (AvgIpc) is 2.87. The Morgan fingerprint density at radius 3 is 2.02 bits per heavy atom. The van der Waals surface area contributed by atoms with Crippen molar-refractivity contribution in [2.75, 3.05) is 13.1 Å². The molecule has 2 aromatic carbocycles. The number of carboxylic acid groups (broad SMARTS) is 1. The van der Waals surface area contributed by atoms with Gasteiger partial charge in [0.15, 0.2) is 5.78 Å². The Kier molecular flexibility index (Phi) is 12.4. The molecule has 0 saturated carbocycles. The average molecular weight is 553 g/mol. The molecule has 0 radical (unpaired) electrons. The van der Waals surface area contributed by atoms with Gasteiger partial charge in [0.25, 0.3) is 0 Å². The molecular formula is C32H44N2O6. The number of benzene rings is 2. The zero-order chi connectivity index (χ0) is 29.9. The van der Waals surface area contributed by atoms with E-state index in [9.17, 15) is 24.3 Å². The Bertz CT molecular complexity index is 1110. The third-order valence-electron chi connectivity index (χ3n) is 6.37. The van der Waals surface area contributed by atoms with E-state index in [1.54, 1.807) is 20.8 Å². The van der Waals surface area contributed by atoms with E-state index in [4.69, 9.17) is 4.74 Å². The van der Waals surface area contributed by atoms with E-state index < -0.39 is 35.5 Å². The van der Waals surface area contributed by atoms with Crippen LogP contribution in [-0.2, 0) is 25.5 Å². The first-order valence-corrected chi connectivity index (χ1v) is 13.9. The smallest absolute Gasteiger partial charge is 0.410 e. The predicted octanol–water partition coefficient (Wildman–Crippen LogP) is 5.46. The van der Waals surface area contributed by atoms with Gasteiger partial charge in [-0.05, 0) is 56.6 Å². The second-order valence-electron chi connectivity index (χ2n) is 11.8. The highest BCUT2D eigenvalue weighted by atomic mass is 16.6. The van der Waals surface area contributed by atoms with E-state index in [0.717, 1.165) is 11.1 Å². The molecule has 0 unspecified atom stereocenters. The van der Waals surface area contributed by atoms with E-state index in [1.165, 1.54) is 4.90 Å². The summed E-state index contributed by atoms with van der Waals surface area (Å²) in [4.78, 5) is 53.0. The van der Waals surface area contributed by atoms with Gasteiger partial charge in [-0.1, -0.05) is 81.4 Å². The second kappa shape index (κ2) is 15.2. The lowest BCUT2D eigenvalue weighted by atomic mass is 9.92. The molecule has 0 aliphatic heterocycles. The Morgan fingerprint density at radius 2 is 1.50 bits per heavy atom. The minimum absolute atomic E-state index is 0.0581. The van der Waals surface area contributed by atoms with Crippen LogP contribution in [0.2, 0.25) is 0 Å². The van der Waals surface area contributed by atoms with Crippen molar-refractivity contribution in [2.24, 2.45) is 11.8 Å². The Morgan fingerprint density at radius 1 is 0.925 bits per heavy atom. The molecular weight excluding hydrogens is 508 g/mol. The third-order valence-corrected chi connectivity index (χ3v) is 6.37. The zero-order valence-electron chi connectivity index (χ0n) is 24.6. The van der Waals surface area contributed by atoms with Crippen molar-refractivity contribution in [2.45, 2.75) is 78.4 Å². The molecule has 0 aromatic heterocycles. The van der Waals surface area contributed by atoms with E-state index in [2.05, 4.69) is 5.32 Å². The number of hydrogen-bond donors (Lipinski definition) is 2. The van der Waals surface area contributed by atoms with Crippen molar-refractivity contribution in [3.8, 4) is 0 Å². The number of carbonyl (C=O) groups is 4. The van der Waals surface area contributed by atoms with Gasteiger partial charge in [-0.15, -0.1) is 0 Å². The molecule has 2 aromatic rings. The van der Waals surface area contributed by atoms with Crippen LogP contribution in [0.25, 0.3) is 0 Å². The SMILES string of the molecule is CC(C)C[C@@H](NC(=O)[C@H](CC(=O)CN(C[C@H](C)c1ccccc1)C(=O)OC(C)(C)C)Cc1ccccc1)C(=O)O. The van der Waals surface area contributed by atoms with Crippen molar-refractivity contribution in [3.05, 3.63) is 71.8 Å². The lowest BCUT2D eigenvalue weighted by molar-refractivity contribution is -0.143. The second-order valence-corrected chi connectivity index (χ2v) is 11.8. The molecule has 0 spiro atoms. The topological polar surface area (TPSA) is 113 Å². The Hall–Kier alpha value is -3.68. The number of ketones is 1. The molecule has 0 aliphatic rings. The van der Waals surface area contributed by atoms with Crippen LogP contribution in [-0.4, -0.2) is 58.5 Å². The fourth-order valence-corrected chi connectivity index (χ4v) is 4.44. The van der Waals surface area contributed by atoms with Gasteiger partial charge < -0.3 is 20.1 Å². The molecule has 0 heterocycles. The van der Waals surface area contributed by atoms with Crippen LogP contribution in [0, 0.1) is 11.8 Å². The number of rotatable bonds is 14. The number of carboxylic acids is 1. The molecule has 3 atom stereocenters. The summed E-state index contributed by atoms with van der Waals surface area (Å²) < 4.78 is 5.59. The van der Waals surface area contributed by atoms with Crippen LogP contribution in [0.1, 0.15) is 71.4 Å². The van der Waals surface area contributed by atoms with Crippen LogP contribution in [0.15, 0.2) is 60.7 Å². The zero-order valence-corrected chi connectivity index (χ0v) is 24.6. The number of hydrogen-bond acceptors (Lipinski definition) is 5. The fourth-order valence-electron chi connectivity index (χ4n) is 4.44. The molecule has 40 heavy (non-hydrogen) atoms. The maximum Gasteiger partial charge on any atom is 0.410 e. The van der Waals surface area contributed by atoms with Gasteiger partial charge >= 0.3 is 12.1 Å². The number of carbonyl (C=O) groups excluding carboxylic acids is 3. The molecule has 0 aliphatic carbocycles. The van der Waals surface area contributed by atoms with Crippen molar-refractivity contribution >= 4 is 23.8 Å². The minimum Gasteiger partial charge on any atom is -0.480 e. The van der Waals surface area contributed by atoms with Gasteiger partial charge in [0.1, 0.15) is 11.6 Å². The quantitative estimate of drug-likeness (QED) is 0.322. The first-order chi connectivity index (χ1) is 18.7. The summed E-state index contributed by atoms with van der Waals surface area (Å²) in [5.41, 5.74) is 1.13. The summed E-state index contributed by atoms with van der Waals surface area (Å²) in [6.45, 7) is 11.1. The normalized spacial score (nSPS) is 13.7. The first-order valence-electron chi connectivity index (χ1n) is 13.9. The van der Waals surface area contributed by atoms with E-state index in [0.29, 0.717) is 0 Å². The molecule has 8 heteroatoms. The Balaban J connectivity index is 2.24. The molecule has 8 nitrogen and oxygen atoms in total. The van der Waals surface area contributed by atoms with Crippen LogP contribution < -0.4 is 5.32 Å². The van der Waals surface area contributed by atoms with Gasteiger partial charge in [0, 0.05) is 18.9 Å². The van der Waals surface area contributed by atoms with Crippen LogP contribution in [0.3, 0.4) is 0 Å². The van der Waals surface area contributed by atoms with Crippen LogP contribution in [0.4, 0.5) is 4.79 Å². The van der Waals surface area contributed by atoms with Crippen molar-refractivity contribution in [3.63, 3.8) is 0 Å². The summed E-state index contributed by atoms with van der Waals surface area (Å²) in [6, 6.07) is 17.9. The molecule has 0 saturated heterocycles. The highest BCUT2D eigenvalue weighted by molar-refractivity contribution is 5.91. The van der Waals surface area contributed by atoms with Gasteiger partial charge in [-0.3, -0.25) is 9.59 Å². The van der Waals surface area contributed by atoms with Crippen molar-refractivity contribution < 1.29 is 29.0 Å². The molecule has 218 valence electrons. The molecule has 2 N–H and O–H groups in total. The third kappa shape index (κ3) is 11.6. The molecule has 0 fully saturated rings. The number of nitrogens with one attached hydrogen (secondary N) is 1. The predicted molar refractivity (Wildman–Crippen MR) is 155 cm³/mol. The summed E-state index contributed by atoms with van der Waals surface area (Å²) in [5, 5.41) is 12.3. The van der Waals surface area contributed by atoms with E-state index in [-0.39, 0.29) is 50.0 Å². The number of ether oxygens (including phenoxy) is 1. The maximum atomic E-state index is 13.4. The number of nitrogens with zero attached hydrogens (tertiary/aromatic N) is 1. The largest absolute Gasteiger partial charge is 0.480 e. The summed E-state index contributed by atoms with van der Waals surface area (Å²) in [7, 11) is 0. The van der Waals surface area contributed by atoms with Crippen molar-refractivity contribution in [1.29, 1.82) is 0 Å². The summed E-state index contributed by atoms with van der Waals surface area (Å²) in [5.74, 6) is -2.71. The van der Waals surface area contributed by atoms with Crippen LogP contribution in [0.5, 0.6) is 0 Å². The van der Waals surface area contributed by atoms with Gasteiger partial charge in [-0.25, -0.2) is 9.59 Å². The molecule has 2 rings (SSSR count). The van der Waals surface area contributed by atoms with Gasteiger partial charge in [0.2, 0.25) is 5.91 Å². The van der Waals surface area contributed by atoms with Gasteiger partial charge in [-0.2, -0.15) is 0 Å². The maximum absolute atomic E-state index is 13.4. The first kappa shape index (κ1) is 32.5. The molecule has 0 bridgehead atoms. The van der Waals surface area contributed by atoms with E-state index in [1.807, 2.05) is 81.4 Å². The minimum atomic E-state index is -1.11. The number of Topliss-reactive ketones (excluding diaryl/α,β-unsaturated/α-hetero) is 1. The highest BCUT2D eigenvalue weighted by Crippen LogP contribution is 2.20. The lowest BCUT2D eigenvalue weighted by Gasteiger charge is -2.29. The number of amides is 2. The van der Waals surface area contributed by atoms with Gasteiger partial charge in [0.05, 0.1) is 6.54 Å². The highest BCUT2D eigenvalue weighted by Gasteiger charge is 2.30. The standard InChI is InChI=1S/C32H44N2O6/c1-22(2)17-28(30(37)38)33-29(36)26(18-24-13-9-7-10-14-24)19-27(35)21-34(31(39)40-32(4,5)6)20-23(3)25-15-11-8-12-16-25/h7-16,22-23,26,28H,17-21H2,1-6H3,(H,33,36)(H,37,38)/t23-,26-,28+/m0/s1. The Labute approximate surface area is 238 Å². The lowest BCUT2D eigenvalue weighted by Crippen LogP contribution is -2.46. The summed E-state index contributed by atoms with van der Waals surface area (Å²) in [6.07, 6.45) is -0.209. The van der Waals surface area contributed by atoms with Crippen molar-refractivity contribution in [1.82, 2.24) is 10.2 Å². The fraction of sp³-hybridized carbons (Fsp3) is 0.500. The summed E-state index contributed by atoms with van der Waals surface area (Å²) >= 11 is 0. The van der Waals surface area contributed by atoms with Crippen LogP contribution >= 0.6 is 0 Å².